The van der Waals surface area contributed by atoms with Crippen LogP contribution in [0.4, 0.5) is 8.78 Å². The number of halogens is 3. The summed E-state index contributed by atoms with van der Waals surface area (Å²) in [7, 11) is 0. The maximum absolute atomic E-state index is 12.4. The minimum Gasteiger partial charge on any atom is -0.482 e. The summed E-state index contributed by atoms with van der Waals surface area (Å²) in [6, 6.07) is 3.02. The smallest absolute Gasteiger partial charge is 0.143 e. The topological polar surface area (TPSA) is 9.23 Å². The summed E-state index contributed by atoms with van der Waals surface area (Å²) in [5, 5.41) is 0. The fourth-order valence-electron chi connectivity index (χ4n) is 0.675. The first-order valence-electron chi connectivity index (χ1n) is 2.87. The van der Waals surface area contributed by atoms with Gasteiger partial charge in [0, 0.05) is 18.2 Å². The van der Waals surface area contributed by atoms with Gasteiger partial charge in [0.25, 0.3) is 0 Å². The molecule has 0 amide bonds. The summed E-state index contributed by atoms with van der Waals surface area (Å²) >= 11 is 2.97. The lowest BCUT2D eigenvalue weighted by Crippen LogP contribution is -1.90. The molecule has 0 radical (unpaired) electrons. The Labute approximate surface area is 71.1 Å². The monoisotopic (exact) mass is 222 g/mol. The number of benzene rings is 1. The lowest BCUT2D eigenvalue weighted by Gasteiger charge is -2.00. The van der Waals surface area contributed by atoms with Gasteiger partial charge in [-0.1, -0.05) is 0 Å². The number of hydrogen-bond donors (Lipinski definition) is 0. The largest absolute Gasteiger partial charge is 0.482 e. The van der Waals surface area contributed by atoms with Gasteiger partial charge in [-0.3, -0.25) is 0 Å². The van der Waals surface area contributed by atoms with E-state index in [2.05, 4.69) is 15.9 Å². The molecule has 0 atom stereocenters. The van der Waals surface area contributed by atoms with Crippen LogP contribution in [0.1, 0.15) is 0 Å². The Hall–Kier alpha value is -0.640. The molecule has 1 nitrogen and oxygen atoms in total. The molecule has 0 fully saturated rings. The summed E-state index contributed by atoms with van der Waals surface area (Å²) in [6.07, 6.45) is 0. The molecule has 11 heavy (non-hydrogen) atoms. The van der Waals surface area contributed by atoms with Crippen LogP contribution in [0.15, 0.2) is 18.2 Å². The van der Waals surface area contributed by atoms with Crippen molar-refractivity contribution in [2.24, 2.45) is 0 Å². The fourth-order valence-corrected chi connectivity index (χ4v) is 0.939. The molecule has 0 N–H and O–H groups in total. The van der Waals surface area contributed by atoms with Gasteiger partial charge in [-0.25, -0.2) is 8.78 Å². The maximum Gasteiger partial charge on any atom is 0.143 e. The molecule has 60 valence electrons. The minimum atomic E-state index is -0.638. The van der Waals surface area contributed by atoms with Crippen molar-refractivity contribution in [1.82, 2.24) is 0 Å². The molecule has 1 aromatic carbocycles. The molecule has 0 aliphatic heterocycles. The molecular formula is C7H5BrF2O. The van der Waals surface area contributed by atoms with E-state index in [0.29, 0.717) is 0 Å². The van der Waals surface area contributed by atoms with Gasteiger partial charge in [0.2, 0.25) is 0 Å². The third-order valence-corrected chi connectivity index (χ3v) is 1.29. The van der Waals surface area contributed by atoms with Crippen molar-refractivity contribution >= 4 is 15.9 Å². The van der Waals surface area contributed by atoms with E-state index in [-0.39, 0.29) is 11.3 Å². The predicted molar refractivity (Wildman–Crippen MR) is 40.8 cm³/mol. The molecule has 1 aromatic rings. The van der Waals surface area contributed by atoms with E-state index in [1.165, 1.54) is 0 Å². The normalized spacial score (nSPS) is 9.73. The number of alkyl halides is 1. The Kier molecular flexibility index (Phi) is 2.82. The van der Waals surface area contributed by atoms with Crippen LogP contribution in [-0.4, -0.2) is 5.52 Å². The van der Waals surface area contributed by atoms with Crippen molar-refractivity contribution in [1.29, 1.82) is 0 Å². The summed E-state index contributed by atoms with van der Waals surface area (Å²) in [6.45, 7) is 0. The van der Waals surface area contributed by atoms with Crippen molar-refractivity contribution in [3.05, 3.63) is 29.8 Å². The molecule has 0 spiro atoms. The van der Waals surface area contributed by atoms with Gasteiger partial charge < -0.3 is 4.74 Å². The zero-order valence-electron chi connectivity index (χ0n) is 5.48. The van der Waals surface area contributed by atoms with Gasteiger partial charge in [-0.2, -0.15) is 0 Å². The van der Waals surface area contributed by atoms with Gasteiger partial charge in [-0.15, -0.1) is 0 Å². The molecule has 0 aromatic heterocycles. The van der Waals surface area contributed by atoms with Gasteiger partial charge in [0.05, 0.1) is 0 Å². The predicted octanol–water partition coefficient (Wildman–Crippen LogP) is 2.70. The lowest BCUT2D eigenvalue weighted by atomic mass is 10.3. The number of rotatable bonds is 2. The molecule has 0 saturated heterocycles. The average molecular weight is 223 g/mol. The van der Waals surface area contributed by atoms with Gasteiger partial charge in [-0.05, 0) is 15.9 Å². The molecule has 4 heteroatoms. The fraction of sp³-hybridized carbons (Fsp3) is 0.143. The maximum atomic E-state index is 12.4. The average Bonchev–Trinajstić information content (AvgIpc) is 1.85. The van der Waals surface area contributed by atoms with Crippen molar-refractivity contribution in [3.8, 4) is 5.75 Å². The first-order chi connectivity index (χ1) is 5.22. The van der Waals surface area contributed by atoms with Crippen LogP contribution in [0.5, 0.6) is 5.75 Å². The first kappa shape index (κ1) is 8.46. The molecule has 0 heterocycles. The zero-order valence-corrected chi connectivity index (χ0v) is 7.07. The Morgan fingerprint density at radius 3 is 2.18 bits per heavy atom. The van der Waals surface area contributed by atoms with Crippen molar-refractivity contribution in [2.75, 3.05) is 5.52 Å². The SMILES string of the molecule is Fc1cc(F)cc(OCBr)c1. The van der Waals surface area contributed by atoms with E-state index in [4.69, 9.17) is 4.74 Å². The summed E-state index contributed by atoms with van der Waals surface area (Å²) in [5.41, 5.74) is 0.218. The molecule has 0 bridgehead atoms. The van der Waals surface area contributed by atoms with E-state index >= 15 is 0 Å². The highest BCUT2D eigenvalue weighted by Crippen LogP contribution is 2.15. The molecular weight excluding hydrogens is 218 g/mol. The Morgan fingerprint density at radius 2 is 1.73 bits per heavy atom. The highest BCUT2D eigenvalue weighted by Gasteiger charge is 1.99. The van der Waals surface area contributed by atoms with Crippen LogP contribution in [0.2, 0.25) is 0 Å². The van der Waals surface area contributed by atoms with Gasteiger partial charge >= 0.3 is 0 Å². The Morgan fingerprint density at radius 1 is 1.18 bits per heavy atom. The molecule has 0 unspecified atom stereocenters. The van der Waals surface area contributed by atoms with Crippen LogP contribution in [0.3, 0.4) is 0 Å². The standard InChI is InChI=1S/C7H5BrF2O/c8-4-11-7-2-5(9)1-6(10)3-7/h1-3H,4H2. The van der Waals surface area contributed by atoms with Crippen molar-refractivity contribution in [2.45, 2.75) is 0 Å². The second kappa shape index (κ2) is 3.67. The summed E-state index contributed by atoms with van der Waals surface area (Å²) in [5.74, 6) is -1.10. The van der Waals surface area contributed by atoms with Gasteiger partial charge in [0.15, 0.2) is 0 Å². The van der Waals surface area contributed by atoms with E-state index in [0.717, 1.165) is 18.2 Å². The highest BCUT2D eigenvalue weighted by atomic mass is 79.9. The summed E-state index contributed by atoms with van der Waals surface area (Å²) < 4.78 is 29.6. The van der Waals surface area contributed by atoms with Gasteiger partial charge in [0.1, 0.15) is 22.9 Å². The third kappa shape index (κ3) is 2.46. The Balaban J connectivity index is 2.89. The molecule has 0 aliphatic rings. The zero-order chi connectivity index (χ0) is 8.27. The molecule has 0 saturated carbocycles. The second-order valence-corrected chi connectivity index (χ2v) is 2.32. The number of hydrogen-bond acceptors (Lipinski definition) is 1. The van der Waals surface area contributed by atoms with Crippen LogP contribution < -0.4 is 4.74 Å². The first-order valence-corrected chi connectivity index (χ1v) is 3.99. The number of ether oxygens (including phenoxy) is 1. The summed E-state index contributed by atoms with van der Waals surface area (Å²) in [4.78, 5) is 0. The van der Waals surface area contributed by atoms with Crippen LogP contribution >= 0.6 is 15.9 Å². The van der Waals surface area contributed by atoms with Crippen LogP contribution in [0.25, 0.3) is 0 Å². The van der Waals surface area contributed by atoms with E-state index in [1.54, 1.807) is 0 Å². The van der Waals surface area contributed by atoms with Crippen LogP contribution in [0, 0.1) is 11.6 Å². The minimum absolute atomic E-state index is 0.180. The highest BCUT2D eigenvalue weighted by molar-refractivity contribution is 9.09. The molecule has 1 rings (SSSR count). The molecule has 0 aliphatic carbocycles. The quantitative estimate of drug-likeness (QED) is 0.700. The second-order valence-electron chi connectivity index (χ2n) is 1.86. The van der Waals surface area contributed by atoms with E-state index in [9.17, 15) is 8.78 Å². The van der Waals surface area contributed by atoms with Crippen LogP contribution in [-0.2, 0) is 0 Å². The van der Waals surface area contributed by atoms with Crippen molar-refractivity contribution < 1.29 is 13.5 Å². The third-order valence-electron chi connectivity index (χ3n) is 1.06. The van der Waals surface area contributed by atoms with E-state index < -0.39 is 11.6 Å². The van der Waals surface area contributed by atoms with E-state index in [1.807, 2.05) is 0 Å². The lowest BCUT2D eigenvalue weighted by molar-refractivity contribution is 0.391. The Bertz CT molecular complexity index is 232. The van der Waals surface area contributed by atoms with Crippen molar-refractivity contribution in [3.63, 3.8) is 0 Å².